The third-order valence-corrected chi connectivity index (χ3v) is 3.98. The Morgan fingerprint density at radius 2 is 2.19 bits per heavy atom. The zero-order valence-corrected chi connectivity index (χ0v) is 12.1. The summed E-state index contributed by atoms with van der Waals surface area (Å²) in [6.45, 7) is 4.75. The Balaban J connectivity index is 2.45. The predicted octanol–water partition coefficient (Wildman–Crippen LogP) is 4.19. The number of benzene rings is 1. The monoisotopic (exact) mass is 323 g/mol. The average Bonchev–Trinajstić information content (AvgIpc) is 2.58. The minimum atomic E-state index is 0.109. The molecule has 0 aliphatic carbocycles. The number of ether oxygens (including phenoxy) is 1. The van der Waals surface area contributed by atoms with E-state index < -0.39 is 0 Å². The second-order valence-electron chi connectivity index (χ2n) is 4.08. The van der Waals surface area contributed by atoms with Gasteiger partial charge in [0.25, 0.3) is 0 Å². The van der Waals surface area contributed by atoms with E-state index in [9.17, 15) is 0 Å². The zero-order chi connectivity index (χ0) is 11.9. The molecule has 0 saturated heterocycles. The van der Waals surface area contributed by atoms with Gasteiger partial charge in [0.1, 0.15) is 12.4 Å². The Morgan fingerprint density at radius 3 is 2.81 bits per heavy atom. The lowest BCUT2D eigenvalue weighted by Crippen LogP contribution is -2.29. The quantitative estimate of drug-likeness (QED) is 0.824. The molecule has 0 fully saturated rings. The molecule has 0 bridgehead atoms. The number of nitrogens with one attached hydrogen (secondary N) is 1. The van der Waals surface area contributed by atoms with Gasteiger partial charge in [-0.3, -0.25) is 0 Å². The SMILES string of the molecule is CC(C)NC1COc2c(Cl)cc(Br)c(Cl)c21. The predicted molar refractivity (Wildman–Crippen MR) is 70.7 cm³/mol. The van der Waals surface area contributed by atoms with E-state index in [1.54, 1.807) is 6.07 Å². The average molecular weight is 325 g/mol. The fourth-order valence-electron chi connectivity index (χ4n) is 1.84. The standard InChI is InChI=1S/C11H12BrCl2NO/c1-5(2)15-8-4-16-11-7(13)3-6(12)10(14)9(8)11/h3,5,8,15H,4H2,1-2H3. The lowest BCUT2D eigenvalue weighted by atomic mass is 10.1. The first-order chi connectivity index (χ1) is 7.50. The lowest BCUT2D eigenvalue weighted by Gasteiger charge is -2.16. The van der Waals surface area contributed by atoms with Crippen LogP contribution in [0.2, 0.25) is 10.0 Å². The van der Waals surface area contributed by atoms with E-state index in [-0.39, 0.29) is 6.04 Å². The van der Waals surface area contributed by atoms with Crippen molar-refractivity contribution >= 4 is 39.1 Å². The first-order valence-electron chi connectivity index (χ1n) is 5.07. The van der Waals surface area contributed by atoms with E-state index in [1.165, 1.54) is 0 Å². The van der Waals surface area contributed by atoms with Gasteiger partial charge in [0.05, 0.1) is 16.1 Å². The molecule has 0 amide bonds. The van der Waals surface area contributed by atoms with Crippen LogP contribution in [0.25, 0.3) is 0 Å². The molecule has 88 valence electrons. The Morgan fingerprint density at radius 1 is 1.50 bits per heavy atom. The number of fused-ring (bicyclic) bond motifs is 1. The molecule has 1 aromatic carbocycles. The maximum atomic E-state index is 6.26. The summed E-state index contributed by atoms with van der Waals surface area (Å²) >= 11 is 15.8. The van der Waals surface area contributed by atoms with Gasteiger partial charge in [-0.05, 0) is 22.0 Å². The van der Waals surface area contributed by atoms with Crippen molar-refractivity contribution in [3.05, 3.63) is 26.1 Å². The van der Waals surface area contributed by atoms with E-state index in [2.05, 4.69) is 35.1 Å². The molecular formula is C11H12BrCl2NO. The highest BCUT2D eigenvalue weighted by Gasteiger charge is 2.30. The highest BCUT2D eigenvalue weighted by Crippen LogP contribution is 2.46. The number of hydrogen-bond acceptors (Lipinski definition) is 2. The van der Waals surface area contributed by atoms with Crippen LogP contribution in [0, 0.1) is 0 Å². The van der Waals surface area contributed by atoms with Crippen LogP contribution in [-0.2, 0) is 0 Å². The Labute approximate surface area is 113 Å². The van der Waals surface area contributed by atoms with Crippen LogP contribution in [0.4, 0.5) is 0 Å². The summed E-state index contributed by atoms with van der Waals surface area (Å²) in [4.78, 5) is 0. The van der Waals surface area contributed by atoms with Gasteiger partial charge in [0, 0.05) is 16.1 Å². The molecule has 16 heavy (non-hydrogen) atoms. The Kier molecular flexibility index (Phi) is 3.69. The van der Waals surface area contributed by atoms with Crippen molar-refractivity contribution in [3.63, 3.8) is 0 Å². The topological polar surface area (TPSA) is 21.3 Å². The van der Waals surface area contributed by atoms with Gasteiger partial charge in [-0.15, -0.1) is 0 Å². The minimum Gasteiger partial charge on any atom is -0.490 e. The molecular weight excluding hydrogens is 313 g/mol. The molecule has 1 N–H and O–H groups in total. The molecule has 1 aliphatic heterocycles. The Hall–Kier alpha value is 0.0400. The molecule has 0 saturated carbocycles. The van der Waals surface area contributed by atoms with Crippen molar-refractivity contribution in [1.29, 1.82) is 0 Å². The third kappa shape index (κ3) is 2.19. The fourth-order valence-corrected chi connectivity index (χ4v) is 2.95. The second kappa shape index (κ2) is 4.73. The van der Waals surface area contributed by atoms with E-state index >= 15 is 0 Å². The van der Waals surface area contributed by atoms with Gasteiger partial charge in [0.15, 0.2) is 0 Å². The normalized spacial score (nSPS) is 18.8. The van der Waals surface area contributed by atoms with Gasteiger partial charge < -0.3 is 10.1 Å². The molecule has 2 rings (SSSR count). The lowest BCUT2D eigenvalue weighted by molar-refractivity contribution is 0.303. The minimum absolute atomic E-state index is 0.109. The van der Waals surface area contributed by atoms with Crippen LogP contribution in [0.5, 0.6) is 5.75 Å². The van der Waals surface area contributed by atoms with Crippen molar-refractivity contribution in [3.8, 4) is 5.75 Å². The second-order valence-corrected chi connectivity index (χ2v) is 5.72. The summed E-state index contributed by atoms with van der Waals surface area (Å²) in [7, 11) is 0. The molecule has 0 spiro atoms. The van der Waals surface area contributed by atoms with Gasteiger partial charge >= 0.3 is 0 Å². The summed E-state index contributed by atoms with van der Waals surface area (Å²) in [5.41, 5.74) is 0.953. The highest BCUT2D eigenvalue weighted by molar-refractivity contribution is 9.10. The van der Waals surface area contributed by atoms with Gasteiger partial charge in [-0.25, -0.2) is 0 Å². The van der Waals surface area contributed by atoms with Crippen LogP contribution in [0.15, 0.2) is 10.5 Å². The molecule has 0 radical (unpaired) electrons. The zero-order valence-electron chi connectivity index (χ0n) is 8.98. The summed E-state index contributed by atoms with van der Waals surface area (Å²) in [6.07, 6.45) is 0. The van der Waals surface area contributed by atoms with E-state index in [0.717, 1.165) is 10.0 Å². The Bertz CT molecular complexity index is 423. The van der Waals surface area contributed by atoms with Crippen molar-refractivity contribution in [2.45, 2.75) is 25.9 Å². The summed E-state index contributed by atoms with van der Waals surface area (Å²) in [5, 5.41) is 4.68. The molecule has 1 heterocycles. The van der Waals surface area contributed by atoms with E-state index in [1.807, 2.05) is 0 Å². The van der Waals surface area contributed by atoms with E-state index in [0.29, 0.717) is 28.4 Å². The van der Waals surface area contributed by atoms with Crippen molar-refractivity contribution < 1.29 is 4.74 Å². The first-order valence-corrected chi connectivity index (χ1v) is 6.61. The third-order valence-electron chi connectivity index (χ3n) is 2.44. The maximum absolute atomic E-state index is 6.26. The van der Waals surface area contributed by atoms with Gasteiger partial charge in [0.2, 0.25) is 0 Å². The van der Waals surface area contributed by atoms with Crippen molar-refractivity contribution in [2.24, 2.45) is 0 Å². The van der Waals surface area contributed by atoms with Crippen LogP contribution in [0.3, 0.4) is 0 Å². The smallest absolute Gasteiger partial charge is 0.144 e. The molecule has 5 heteroatoms. The molecule has 0 aromatic heterocycles. The number of rotatable bonds is 2. The van der Waals surface area contributed by atoms with Crippen LogP contribution >= 0.6 is 39.1 Å². The van der Waals surface area contributed by atoms with E-state index in [4.69, 9.17) is 27.9 Å². The fraction of sp³-hybridized carbons (Fsp3) is 0.455. The summed E-state index contributed by atoms with van der Waals surface area (Å²) < 4.78 is 6.38. The molecule has 2 nitrogen and oxygen atoms in total. The van der Waals surface area contributed by atoms with Gasteiger partial charge in [-0.1, -0.05) is 37.0 Å². The van der Waals surface area contributed by atoms with Gasteiger partial charge in [-0.2, -0.15) is 0 Å². The summed E-state index contributed by atoms with van der Waals surface area (Å²) in [5.74, 6) is 0.702. The summed E-state index contributed by atoms with van der Waals surface area (Å²) in [6, 6.07) is 2.24. The molecule has 1 aromatic rings. The number of hydrogen-bond donors (Lipinski definition) is 1. The largest absolute Gasteiger partial charge is 0.490 e. The highest BCUT2D eigenvalue weighted by atomic mass is 79.9. The van der Waals surface area contributed by atoms with Crippen molar-refractivity contribution in [2.75, 3.05) is 6.61 Å². The van der Waals surface area contributed by atoms with Crippen LogP contribution in [-0.4, -0.2) is 12.6 Å². The van der Waals surface area contributed by atoms with Crippen molar-refractivity contribution in [1.82, 2.24) is 5.32 Å². The van der Waals surface area contributed by atoms with Crippen LogP contribution < -0.4 is 10.1 Å². The first kappa shape index (κ1) is 12.5. The maximum Gasteiger partial charge on any atom is 0.144 e. The molecule has 1 unspecified atom stereocenters. The van der Waals surface area contributed by atoms with Crippen LogP contribution in [0.1, 0.15) is 25.5 Å². The number of halogens is 3. The molecule has 1 atom stereocenters. The molecule has 1 aliphatic rings.